The molecule has 78 valence electrons. The van der Waals surface area contributed by atoms with Crippen molar-refractivity contribution in [2.45, 2.75) is 20.4 Å². The second-order valence-corrected chi connectivity index (χ2v) is 4.59. The van der Waals surface area contributed by atoms with Crippen molar-refractivity contribution in [1.82, 2.24) is 5.32 Å². The minimum absolute atomic E-state index is 0.534. The Balaban J connectivity index is 2.30. The van der Waals surface area contributed by atoms with Crippen LogP contribution in [-0.4, -0.2) is 12.5 Å². The SMILES string of the molecule is CC(C)CNC(N)=NCc1cccs1. The zero-order chi connectivity index (χ0) is 10.4. The lowest BCUT2D eigenvalue weighted by molar-refractivity contribution is 0.622. The van der Waals surface area contributed by atoms with E-state index in [0.717, 1.165) is 6.54 Å². The number of rotatable bonds is 4. The van der Waals surface area contributed by atoms with Crippen LogP contribution in [0.5, 0.6) is 0 Å². The van der Waals surface area contributed by atoms with Gasteiger partial charge < -0.3 is 11.1 Å². The van der Waals surface area contributed by atoms with Crippen LogP contribution in [0, 0.1) is 5.92 Å². The lowest BCUT2D eigenvalue weighted by Crippen LogP contribution is -2.34. The maximum absolute atomic E-state index is 5.68. The Hall–Kier alpha value is -1.03. The first-order valence-electron chi connectivity index (χ1n) is 4.74. The normalized spacial score (nSPS) is 12.1. The highest BCUT2D eigenvalue weighted by atomic mass is 32.1. The molecule has 0 aliphatic rings. The van der Waals surface area contributed by atoms with Crippen molar-refractivity contribution in [2.24, 2.45) is 16.6 Å². The van der Waals surface area contributed by atoms with Crippen molar-refractivity contribution in [3.63, 3.8) is 0 Å². The first-order chi connectivity index (χ1) is 6.68. The third kappa shape index (κ3) is 4.28. The summed E-state index contributed by atoms with van der Waals surface area (Å²) < 4.78 is 0. The van der Waals surface area contributed by atoms with Gasteiger partial charge >= 0.3 is 0 Å². The summed E-state index contributed by atoms with van der Waals surface area (Å²) in [5, 5.41) is 5.12. The molecule has 0 amide bonds. The van der Waals surface area contributed by atoms with Crippen LogP contribution < -0.4 is 11.1 Å². The molecule has 0 spiro atoms. The van der Waals surface area contributed by atoms with Gasteiger partial charge in [0.15, 0.2) is 5.96 Å². The molecule has 0 unspecified atom stereocenters. The summed E-state index contributed by atoms with van der Waals surface area (Å²) in [6.45, 7) is 5.83. The summed E-state index contributed by atoms with van der Waals surface area (Å²) in [5.41, 5.74) is 5.68. The summed E-state index contributed by atoms with van der Waals surface area (Å²) in [6, 6.07) is 4.08. The van der Waals surface area contributed by atoms with Crippen molar-refractivity contribution in [3.05, 3.63) is 22.4 Å². The van der Waals surface area contributed by atoms with Gasteiger partial charge in [-0.15, -0.1) is 11.3 Å². The van der Waals surface area contributed by atoms with Crippen LogP contribution in [0.3, 0.4) is 0 Å². The molecule has 0 aromatic carbocycles. The molecule has 0 saturated carbocycles. The Kier molecular flexibility index (Phi) is 4.46. The van der Waals surface area contributed by atoms with Gasteiger partial charge in [0.2, 0.25) is 0 Å². The average molecular weight is 211 g/mol. The number of hydrogen-bond donors (Lipinski definition) is 2. The van der Waals surface area contributed by atoms with E-state index in [1.54, 1.807) is 11.3 Å². The van der Waals surface area contributed by atoms with Gasteiger partial charge in [-0.2, -0.15) is 0 Å². The average Bonchev–Trinajstić information content (AvgIpc) is 2.63. The van der Waals surface area contributed by atoms with E-state index in [-0.39, 0.29) is 0 Å². The molecule has 0 aliphatic carbocycles. The molecule has 3 nitrogen and oxygen atoms in total. The highest BCUT2D eigenvalue weighted by molar-refractivity contribution is 7.09. The summed E-state index contributed by atoms with van der Waals surface area (Å²) in [7, 11) is 0. The number of nitrogens with one attached hydrogen (secondary N) is 1. The van der Waals surface area contributed by atoms with Crippen LogP contribution in [0.1, 0.15) is 18.7 Å². The van der Waals surface area contributed by atoms with Gasteiger partial charge in [-0.05, 0) is 17.4 Å². The number of nitrogens with two attached hydrogens (primary N) is 1. The van der Waals surface area contributed by atoms with Gasteiger partial charge in [0, 0.05) is 11.4 Å². The maximum atomic E-state index is 5.68. The van der Waals surface area contributed by atoms with Gasteiger partial charge in [0.1, 0.15) is 0 Å². The van der Waals surface area contributed by atoms with Gasteiger partial charge in [0.05, 0.1) is 6.54 Å². The van der Waals surface area contributed by atoms with Crippen molar-refractivity contribution in [1.29, 1.82) is 0 Å². The molecule has 1 aromatic rings. The van der Waals surface area contributed by atoms with Crippen LogP contribution >= 0.6 is 11.3 Å². The van der Waals surface area contributed by atoms with Crippen LogP contribution in [0.2, 0.25) is 0 Å². The summed E-state index contributed by atoms with van der Waals surface area (Å²) in [6.07, 6.45) is 0. The quantitative estimate of drug-likeness (QED) is 0.589. The van der Waals surface area contributed by atoms with E-state index in [9.17, 15) is 0 Å². The monoisotopic (exact) mass is 211 g/mol. The second kappa shape index (κ2) is 5.65. The largest absolute Gasteiger partial charge is 0.370 e. The highest BCUT2D eigenvalue weighted by Crippen LogP contribution is 2.08. The molecule has 1 aromatic heterocycles. The van der Waals surface area contributed by atoms with Crippen LogP contribution in [-0.2, 0) is 6.54 Å². The molecule has 0 saturated heterocycles. The summed E-state index contributed by atoms with van der Waals surface area (Å²) >= 11 is 1.70. The number of thiophene rings is 1. The molecule has 0 radical (unpaired) electrons. The van der Waals surface area contributed by atoms with Crippen molar-refractivity contribution < 1.29 is 0 Å². The smallest absolute Gasteiger partial charge is 0.188 e. The summed E-state index contributed by atoms with van der Waals surface area (Å²) in [5.74, 6) is 1.12. The molecule has 0 bridgehead atoms. The second-order valence-electron chi connectivity index (χ2n) is 3.56. The Bertz CT molecular complexity index is 278. The molecule has 1 rings (SSSR count). The molecule has 3 N–H and O–H groups in total. The molecule has 4 heteroatoms. The third-order valence-corrected chi connectivity index (χ3v) is 2.54. The van der Waals surface area contributed by atoms with Crippen LogP contribution in [0.15, 0.2) is 22.5 Å². The van der Waals surface area contributed by atoms with Crippen LogP contribution in [0.4, 0.5) is 0 Å². The molecule has 1 heterocycles. The van der Waals surface area contributed by atoms with Gasteiger partial charge in [-0.3, -0.25) is 0 Å². The minimum atomic E-state index is 0.534. The predicted molar refractivity (Wildman–Crippen MR) is 62.5 cm³/mol. The Morgan fingerprint density at radius 3 is 3.00 bits per heavy atom. The lowest BCUT2D eigenvalue weighted by atomic mass is 10.2. The Labute approximate surface area is 89.0 Å². The van der Waals surface area contributed by atoms with E-state index < -0.39 is 0 Å². The first-order valence-corrected chi connectivity index (χ1v) is 5.62. The van der Waals surface area contributed by atoms with E-state index in [1.165, 1.54) is 4.88 Å². The zero-order valence-electron chi connectivity index (χ0n) is 8.66. The molecule has 0 fully saturated rings. The predicted octanol–water partition coefficient (Wildman–Crippen LogP) is 1.81. The fourth-order valence-corrected chi connectivity index (χ4v) is 1.56. The standard InChI is InChI=1S/C10H17N3S/c1-8(2)6-12-10(11)13-7-9-4-3-5-14-9/h3-5,8H,6-7H2,1-2H3,(H3,11,12,13). The molecular formula is C10H17N3S. The van der Waals surface area contributed by atoms with Gasteiger partial charge in [-0.25, -0.2) is 4.99 Å². The number of hydrogen-bond acceptors (Lipinski definition) is 2. The maximum Gasteiger partial charge on any atom is 0.188 e. The van der Waals surface area contributed by atoms with Crippen LogP contribution in [0.25, 0.3) is 0 Å². The Morgan fingerprint density at radius 1 is 1.64 bits per heavy atom. The van der Waals surface area contributed by atoms with E-state index in [0.29, 0.717) is 18.4 Å². The molecular weight excluding hydrogens is 194 g/mol. The van der Waals surface area contributed by atoms with E-state index >= 15 is 0 Å². The number of guanidine groups is 1. The first kappa shape index (κ1) is 11.0. The van der Waals surface area contributed by atoms with E-state index in [4.69, 9.17) is 5.73 Å². The van der Waals surface area contributed by atoms with E-state index in [1.807, 2.05) is 11.4 Å². The highest BCUT2D eigenvalue weighted by Gasteiger charge is 1.95. The third-order valence-electron chi connectivity index (χ3n) is 1.68. The molecule has 0 atom stereocenters. The lowest BCUT2D eigenvalue weighted by Gasteiger charge is -2.07. The van der Waals surface area contributed by atoms with Crippen molar-refractivity contribution >= 4 is 17.3 Å². The van der Waals surface area contributed by atoms with Gasteiger partial charge in [0.25, 0.3) is 0 Å². The topological polar surface area (TPSA) is 50.4 Å². The zero-order valence-corrected chi connectivity index (χ0v) is 9.47. The van der Waals surface area contributed by atoms with Crippen molar-refractivity contribution in [3.8, 4) is 0 Å². The van der Waals surface area contributed by atoms with Gasteiger partial charge in [-0.1, -0.05) is 19.9 Å². The molecule has 0 aliphatic heterocycles. The van der Waals surface area contributed by atoms with E-state index in [2.05, 4.69) is 30.2 Å². The number of nitrogens with zero attached hydrogens (tertiary/aromatic N) is 1. The minimum Gasteiger partial charge on any atom is -0.370 e. The summed E-state index contributed by atoms with van der Waals surface area (Å²) in [4.78, 5) is 5.47. The Morgan fingerprint density at radius 2 is 2.43 bits per heavy atom. The fraction of sp³-hybridized carbons (Fsp3) is 0.500. The molecule has 14 heavy (non-hydrogen) atoms. The number of aliphatic imine (C=N–C) groups is 1. The van der Waals surface area contributed by atoms with Crippen molar-refractivity contribution in [2.75, 3.05) is 6.54 Å². The fourth-order valence-electron chi connectivity index (χ4n) is 0.930.